The highest BCUT2D eigenvalue weighted by Crippen LogP contribution is 2.48. The van der Waals surface area contributed by atoms with Crippen LogP contribution >= 0.6 is 52.3 Å². The van der Waals surface area contributed by atoms with Crippen LogP contribution in [0.1, 0.15) is 18.5 Å². The lowest BCUT2D eigenvalue weighted by atomic mass is 9.97. The summed E-state index contributed by atoms with van der Waals surface area (Å²) in [5.41, 5.74) is 9.11. The number of halogens is 1. The highest BCUT2D eigenvalue weighted by molar-refractivity contribution is 8.93. The molecular weight excluding hydrogens is 340 g/mol. The molecule has 2 unspecified atom stereocenters. The molecule has 3 nitrogen and oxygen atoms in total. The third-order valence-electron chi connectivity index (χ3n) is 2.47. The fourth-order valence-corrected chi connectivity index (χ4v) is 3.79. The number of methoxy groups -OCH3 is 1. The Morgan fingerprint density at radius 2 is 2.35 bits per heavy atom. The van der Waals surface area contributed by atoms with E-state index in [0.717, 1.165) is 10.6 Å². The van der Waals surface area contributed by atoms with E-state index >= 15 is 0 Å². The van der Waals surface area contributed by atoms with Gasteiger partial charge in [-0.25, -0.2) is 4.98 Å². The first-order chi connectivity index (χ1) is 7.58. The van der Waals surface area contributed by atoms with E-state index in [2.05, 4.69) is 11.1 Å². The van der Waals surface area contributed by atoms with Crippen LogP contribution in [0, 0.1) is 0 Å². The second-order valence-electron chi connectivity index (χ2n) is 3.56. The van der Waals surface area contributed by atoms with Gasteiger partial charge < -0.3 is 10.5 Å². The van der Waals surface area contributed by atoms with Gasteiger partial charge in [0.1, 0.15) is 4.87 Å². The van der Waals surface area contributed by atoms with Gasteiger partial charge in [0.15, 0.2) is 5.05 Å². The summed E-state index contributed by atoms with van der Waals surface area (Å²) in [5.74, 6) is -0.00352. The number of nitrogens with zero attached hydrogens (tertiary/aromatic N) is 1. The van der Waals surface area contributed by atoms with Crippen molar-refractivity contribution >= 4 is 57.3 Å². The summed E-state index contributed by atoms with van der Waals surface area (Å²) >= 11 is 8.31. The van der Waals surface area contributed by atoms with Crippen molar-refractivity contribution in [2.45, 2.75) is 17.7 Å². The van der Waals surface area contributed by atoms with E-state index < -0.39 is 4.87 Å². The van der Waals surface area contributed by atoms with E-state index in [4.69, 9.17) is 22.7 Å². The first-order valence-corrected chi connectivity index (χ1v) is 6.87. The molecule has 0 spiro atoms. The highest BCUT2D eigenvalue weighted by Gasteiger charge is 2.46. The lowest BCUT2D eigenvalue weighted by Gasteiger charge is -2.28. The number of nitrogens with two attached hydrogens (primary N) is 1. The minimum absolute atomic E-state index is 0. The number of hydrogen-bond donors (Lipinski definition) is 1. The molecule has 2 N–H and O–H groups in total. The molecule has 17 heavy (non-hydrogen) atoms. The van der Waals surface area contributed by atoms with Gasteiger partial charge in [-0.1, -0.05) is 17.8 Å². The van der Waals surface area contributed by atoms with E-state index in [1.54, 1.807) is 35.7 Å². The molecule has 0 aliphatic carbocycles. The minimum atomic E-state index is -0.706. The topological polar surface area (TPSA) is 48.1 Å². The van der Waals surface area contributed by atoms with Crippen LogP contribution in [-0.4, -0.2) is 22.0 Å². The van der Waals surface area contributed by atoms with Gasteiger partial charge in [-0.05, 0) is 24.0 Å². The van der Waals surface area contributed by atoms with Crippen molar-refractivity contribution in [1.29, 1.82) is 0 Å². The Hall–Kier alpha value is 0.0500. The number of allylic oxidation sites excluding steroid dienone is 1. The van der Waals surface area contributed by atoms with Crippen LogP contribution in [0.15, 0.2) is 21.9 Å². The quantitative estimate of drug-likeness (QED) is 0.828. The predicted octanol–water partition coefficient (Wildman–Crippen LogP) is 3.08. The Balaban J connectivity index is 0.00000144. The molecule has 0 aromatic carbocycles. The smallest absolute Gasteiger partial charge is 0.191 e. The van der Waals surface area contributed by atoms with E-state index in [0.29, 0.717) is 5.05 Å². The molecule has 0 radical (unpaired) electrons. The minimum Gasteiger partial charge on any atom is -0.488 e. The van der Waals surface area contributed by atoms with Gasteiger partial charge in [0.25, 0.3) is 0 Å². The van der Waals surface area contributed by atoms with Gasteiger partial charge >= 0.3 is 0 Å². The number of thioether (sulfide) groups is 1. The molecular formula is C10H13BrN2OS3. The number of thiazole rings is 1. The second-order valence-corrected chi connectivity index (χ2v) is 6.17. The molecule has 1 aliphatic heterocycles. The molecule has 2 rings (SSSR count). The monoisotopic (exact) mass is 352 g/mol. The number of ether oxygens (including phenoxy) is 1. The highest BCUT2D eigenvalue weighted by atomic mass is 79.9. The Kier molecular flexibility index (Phi) is 5.15. The summed E-state index contributed by atoms with van der Waals surface area (Å²) in [6, 6.07) is 0. The Bertz CT molecular complexity index is 435. The fourth-order valence-electron chi connectivity index (χ4n) is 1.73. The average molecular weight is 353 g/mol. The van der Waals surface area contributed by atoms with Crippen LogP contribution in [0.2, 0.25) is 0 Å². The van der Waals surface area contributed by atoms with E-state index in [1.807, 2.05) is 12.3 Å². The number of rotatable bonds is 2. The van der Waals surface area contributed by atoms with Crippen molar-refractivity contribution in [3.8, 4) is 0 Å². The summed E-state index contributed by atoms with van der Waals surface area (Å²) in [6.45, 7) is 2.02. The summed E-state index contributed by atoms with van der Waals surface area (Å²) in [5, 5.41) is 2.42. The van der Waals surface area contributed by atoms with Gasteiger partial charge in [0.2, 0.25) is 0 Å². The summed E-state index contributed by atoms with van der Waals surface area (Å²) < 4.78 is 5.14. The lowest BCUT2D eigenvalue weighted by Crippen LogP contribution is -2.47. The second kappa shape index (κ2) is 5.79. The third kappa shape index (κ3) is 2.73. The van der Waals surface area contributed by atoms with Crippen LogP contribution < -0.4 is 5.73 Å². The van der Waals surface area contributed by atoms with Gasteiger partial charge in [-0.3, -0.25) is 0 Å². The maximum Gasteiger partial charge on any atom is 0.191 e. The molecule has 94 valence electrons. The third-order valence-corrected chi connectivity index (χ3v) is 4.94. The SMILES string of the molecule is Br.COC(=S)C1(N)SC(C)=CC1c1cscn1. The zero-order chi connectivity index (χ0) is 11.8. The average Bonchev–Trinajstić information content (AvgIpc) is 2.85. The summed E-state index contributed by atoms with van der Waals surface area (Å²) in [7, 11) is 1.56. The molecule has 0 amide bonds. The zero-order valence-corrected chi connectivity index (χ0v) is 13.5. The van der Waals surface area contributed by atoms with Gasteiger partial charge in [-0.2, -0.15) is 0 Å². The van der Waals surface area contributed by atoms with E-state index in [-0.39, 0.29) is 22.9 Å². The van der Waals surface area contributed by atoms with Crippen LogP contribution in [0.3, 0.4) is 0 Å². The molecule has 7 heteroatoms. The molecule has 1 aromatic heterocycles. The molecule has 0 saturated carbocycles. The van der Waals surface area contributed by atoms with Crippen molar-refractivity contribution in [1.82, 2.24) is 4.98 Å². The summed E-state index contributed by atoms with van der Waals surface area (Å²) in [4.78, 5) is 4.76. The van der Waals surface area contributed by atoms with Crippen molar-refractivity contribution in [3.63, 3.8) is 0 Å². The molecule has 1 aliphatic rings. The van der Waals surface area contributed by atoms with E-state index in [9.17, 15) is 0 Å². The molecule has 0 saturated heterocycles. The molecule has 2 atom stereocenters. The maximum atomic E-state index is 6.35. The predicted molar refractivity (Wildman–Crippen MR) is 83.1 cm³/mol. The summed E-state index contributed by atoms with van der Waals surface area (Å²) in [6.07, 6.45) is 2.10. The van der Waals surface area contributed by atoms with Crippen LogP contribution in [0.4, 0.5) is 0 Å². The molecule has 0 bridgehead atoms. The standard InChI is InChI=1S/C10H12N2OS3.BrH/c1-6-3-7(8-4-15-5-12-8)10(11,16-6)9(14)13-2;/h3-5,7H,11H2,1-2H3;1H. The van der Waals surface area contributed by atoms with Crippen LogP contribution in [-0.2, 0) is 4.74 Å². The Morgan fingerprint density at radius 3 is 2.88 bits per heavy atom. The van der Waals surface area contributed by atoms with Crippen molar-refractivity contribution in [2.75, 3.05) is 7.11 Å². The fraction of sp³-hybridized carbons (Fsp3) is 0.400. The van der Waals surface area contributed by atoms with Gasteiger partial charge in [0.05, 0.1) is 24.2 Å². The van der Waals surface area contributed by atoms with E-state index in [1.165, 1.54) is 0 Å². The van der Waals surface area contributed by atoms with Crippen molar-refractivity contribution < 1.29 is 4.74 Å². The normalized spacial score (nSPS) is 27.2. The zero-order valence-electron chi connectivity index (χ0n) is 9.38. The van der Waals surface area contributed by atoms with Crippen molar-refractivity contribution in [3.05, 3.63) is 27.6 Å². The van der Waals surface area contributed by atoms with Crippen molar-refractivity contribution in [2.24, 2.45) is 5.73 Å². The number of thiocarbonyl (C=S) groups is 1. The van der Waals surface area contributed by atoms with Gasteiger partial charge in [-0.15, -0.1) is 28.3 Å². The first-order valence-electron chi connectivity index (χ1n) is 4.70. The molecule has 0 fully saturated rings. The van der Waals surface area contributed by atoms with Crippen LogP contribution in [0.25, 0.3) is 0 Å². The lowest BCUT2D eigenvalue weighted by molar-refractivity contribution is 0.382. The molecule has 1 aromatic rings. The van der Waals surface area contributed by atoms with Crippen LogP contribution in [0.5, 0.6) is 0 Å². The van der Waals surface area contributed by atoms with Gasteiger partial charge in [0, 0.05) is 5.38 Å². The number of hydrogen-bond acceptors (Lipinski definition) is 6. The Labute approximate surface area is 125 Å². The Morgan fingerprint density at radius 1 is 1.65 bits per heavy atom. The molecule has 2 heterocycles. The largest absolute Gasteiger partial charge is 0.488 e. The maximum absolute atomic E-state index is 6.35. The number of aromatic nitrogens is 1. The first kappa shape index (κ1) is 15.1.